The van der Waals surface area contributed by atoms with Gasteiger partial charge in [0.05, 0.1) is 6.07 Å². The van der Waals surface area contributed by atoms with Crippen LogP contribution >= 0.6 is 0 Å². The topological polar surface area (TPSA) is 44.1 Å². The van der Waals surface area contributed by atoms with Gasteiger partial charge >= 0.3 is 0 Å². The molecule has 0 aliphatic carbocycles. The highest BCUT2D eigenvalue weighted by Crippen LogP contribution is 2.26. The molecule has 0 amide bonds. The fraction of sp³-hybridized carbons (Fsp3) is 0.467. The quantitative estimate of drug-likeness (QED) is 0.799. The summed E-state index contributed by atoms with van der Waals surface area (Å²) in [6.45, 7) is 4.84. The van der Waals surface area contributed by atoms with E-state index in [9.17, 15) is 4.79 Å². The third-order valence-corrected chi connectivity index (χ3v) is 3.76. The molecular formula is C15H18N2O. The highest BCUT2D eigenvalue weighted by molar-refractivity contribution is 5.85. The van der Waals surface area contributed by atoms with Crippen LogP contribution in [-0.2, 0) is 11.3 Å². The number of likely N-dealkylation sites (tertiary alicyclic amines) is 1. The second-order valence-corrected chi connectivity index (χ2v) is 5.02. The van der Waals surface area contributed by atoms with E-state index in [0.29, 0.717) is 6.42 Å². The monoisotopic (exact) mass is 242 g/mol. The van der Waals surface area contributed by atoms with Gasteiger partial charge in [0.2, 0.25) is 0 Å². The second-order valence-electron chi connectivity index (χ2n) is 5.02. The van der Waals surface area contributed by atoms with E-state index in [4.69, 9.17) is 5.26 Å². The Morgan fingerprint density at radius 1 is 1.33 bits per heavy atom. The van der Waals surface area contributed by atoms with Gasteiger partial charge < -0.3 is 0 Å². The first-order chi connectivity index (χ1) is 8.63. The third kappa shape index (κ3) is 2.44. The summed E-state index contributed by atoms with van der Waals surface area (Å²) in [7, 11) is 0. The van der Waals surface area contributed by atoms with Crippen LogP contribution in [0.4, 0.5) is 0 Å². The summed E-state index contributed by atoms with van der Waals surface area (Å²) in [4.78, 5) is 14.0. The number of carbonyl (C=O) groups is 1. The van der Waals surface area contributed by atoms with Crippen molar-refractivity contribution in [1.82, 2.24) is 4.90 Å². The zero-order valence-corrected chi connectivity index (χ0v) is 10.8. The molecular weight excluding hydrogens is 224 g/mol. The fourth-order valence-corrected chi connectivity index (χ4v) is 2.67. The Hall–Kier alpha value is -1.66. The Morgan fingerprint density at radius 2 is 2.00 bits per heavy atom. The number of hydrogen-bond acceptors (Lipinski definition) is 3. The van der Waals surface area contributed by atoms with E-state index < -0.39 is 5.92 Å². The van der Waals surface area contributed by atoms with Gasteiger partial charge in [0.25, 0.3) is 0 Å². The minimum Gasteiger partial charge on any atom is -0.298 e. The van der Waals surface area contributed by atoms with Crippen molar-refractivity contribution >= 4 is 5.78 Å². The first-order valence-electron chi connectivity index (χ1n) is 6.35. The molecule has 3 atom stereocenters. The predicted octanol–water partition coefficient (Wildman–Crippen LogP) is 2.38. The molecule has 0 bridgehead atoms. The summed E-state index contributed by atoms with van der Waals surface area (Å²) >= 11 is 0. The molecule has 3 unspecified atom stereocenters. The minimum atomic E-state index is -0.482. The molecule has 1 aliphatic rings. The molecule has 1 aliphatic heterocycles. The lowest BCUT2D eigenvalue weighted by Crippen LogP contribution is -2.51. The van der Waals surface area contributed by atoms with Crippen LogP contribution in [0, 0.1) is 17.2 Å². The molecule has 0 N–H and O–H groups in total. The zero-order valence-electron chi connectivity index (χ0n) is 10.8. The van der Waals surface area contributed by atoms with Crippen LogP contribution < -0.4 is 0 Å². The van der Waals surface area contributed by atoms with Crippen LogP contribution in [0.3, 0.4) is 0 Å². The van der Waals surface area contributed by atoms with Gasteiger partial charge in [-0.1, -0.05) is 30.3 Å². The number of piperidine rings is 1. The lowest BCUT2D eigenvalue weighted by Gasteiger charge is -2.40. The molecule has 0 saturated carbocycles. The SMILES string of the molecule is CC1CC(=O)C(C#N)C(C)N1Cc1ccccc1. The van der Waals surface area contributed by atoms with Crippen LogP contribution in [0.2, 0.25) is 0 Å². The maximum atomic E-state index is 11.8. The molecule has 3 heteroatoms. The number of ketones is 1. The van der Waals surface area contributed by atoms with Gasteiger partial charge in [-0.3, -0.25) is 9.69 Å². The number of nitrogens with zero attached hydrogens (tertiary/aromatic N) is 2. The third-order valence-electron chi connectivity index (χ3n) is 3.76. The van der Waals surface area contributed by atoms with E-state index in [1.54, 1.807) is 0 Å². The lowest BCUT2D eigenvalue weighted by atomic mass is 9.86. The summed E-state index contributed by atoms with van der Waals surface area (Å²) < 4.78 is 0. The molecule has 1 fully saturated rings. The van der Waals surface area contributed by atoms with Crippen molar-refractivity contribution in [3.8, 4) is 6.07 Å². The fourth-order valence-electron chi connectivity index (χ4n) is 2.67. The van der Waals surface area contributed by atoms with Gasteiger partial charge in [-0.25, -0.2) is 0 Å². The molecule has 1 aromatic carbocycles. The van der Waals surface area contributed by atoms with Crippen LogP contribution in [0.5, 0.6) is 0 Å². The van der Waals surface area contributed by atoms with Crippen molar-refractivity contribution in [3.05, 3.63) is 35.9 Å². The standard InChI is InChI=1S/C15H18N2O/c1-11-8-15(18)14(9-16)12(2)17(11)10-13-6-4-3-5-7-13/h3-7,11-12,14H,8,10H2,1-2H3. The van der Waals surface area contributed by atoms with E-state index in [1.807, 2.05) is 25.1 Å². The largest absolute Gasteiger partial charge is 0.298 e. The second kappa shape index (κ2) is 5.32. The molecule has 0 spiro atoms. The van der Waals surface area contributed by atoms with Crippen molar-refractivity contribution in [3.63, 3.8) is 0 Å². The highest BCUT2D eigenvalue weighted by atomic mass is 16.1. The summed E-state index contributed by atoms with van der Waals surface area (Å²) in [6.07, 6.45) is 0.482. The molecule has 0 radical (unpaired) electrons. The van der Waals surface area contributed by atoms with Gasteiger partial charge in [-0.2, -0.15) is 5.26 Å². The first kappa shape index (κ1) is 12.8. The summed E-state index contributed by atoms with van der Waals surface area (Å²) in [6, 6.07) is 12.5. The van der Waals surface area contributed by atoms with Crippen LogP contribution in [-0.4, -0.2) is 22.8 Å². The van der Waals surface area contributed by atoms with Gasteiger partial charge in [0.1, 0.15) is 5.92 Å². The number of hydrogen-bond donors (Lipinski definition) is 0. The van der Waals surface area contributed by atoms with Gasteiger partial charge in [0.15, 0.2) is 5.78 Å². The Morgan fingerprint density at radius 3 is 2.61 bits per heavy atom. The number of carbonyl (C=O) groups excluding carboxylic acids is 1. The van der Waals surface area contributed by atoms with Crippen LogP contribution in [0.15, 0.2) is 30.3 Å². The Kier molecular flexibility index (Phi) is 3.78. The van der Waals surface area contributed by atoms with E-state index in [1.165, 1.54) is 5.56 Å². The number of Topliss-reactive ketones (excluding diaryl/α,β-unsaturated/α-hetero) is 1. The summed E-state index contributed by atoms with van der Waals surface area (Å²) in [5.74, 6) is -0.397. The Bertz CT molecular complexity index is 463. The van der Waals surface area contributed by atoms with Crippen LogP contribution in [0.1, 0.15) is 25.8 Å². The molecule has 3 nitrogen and oxygen atoms in total. The van der Waals surface area contributed by atoms with E-state index in [-0.39, 0.29) is 17.9 Å². The van der Waals surface area contributed by atoms with E-state index in [0.717, 1.165) is 6.54 Å². The molecule has 94 valence electrons. The minimum absolute atomic E-state index is 0.00791. The average Bonchev–Trinajstić information content (AvgIpc) is 2.36. The lowest BCUT2D eigenvalue weighted by molar-refractivity contribution is -0.128. The highest BCUT2D eigenvalue weighted by Gasteiger charge is 2.37. The Labute approximate surface area is 108 Å². The maximum absolute atomic E-state index is 11.8. The molecule has 1 aromatic rings. The summed E-state index contributed by atoms with van der Waals surface area (Å²) in [5, 5.41) is 9.10. The molecule has 2 rings (SSSR count). The molecule has 18 heavy (non-hydrogen) atoms. The molecule has 1 saturated heterocycles. The summed E-state index contributed by atoms with van der Waals surface area (Å²) in [5.41, 5.74) is 1.22. The zero-order chi connectivity index (χ0) is 13.1. The maximum Gasteiger partial charge on any atom is 0.153 e. The number of benzene rings is 1. The van der Waals surface area contributed by atoms with E-state index >= 15 is 0 Å². The van der Waals surface area contributed by atoms with Gasteiger partial charge in [0, 0.05) is 25.0 Å². The normalized spacial score (nSPS) is 28.9. The number of rotatable bonds is 2. The van der Waals surface area contributed by atoms with Crippen molar-refractivity contribution in [2.75, 3.05) is 0 Å². The van der Waals surface area contributed by atoms with Crippen molar-refractivity contribution in [1.29, 1.82) is 5.26 Å². The average molecular weight is 242 g/mol. The van der Waals surface area contributed by atoms with Crippen molar-refractivity contribution < 1.29 is 4.79 Å². The molecule has 1 heterocycles. The van der Waals surface area contributed by atoms with Crippen LogP contribution in [0.25, 0.3) is 0 Å². The molecule has 0 aromatic heterocycles. The smallest absolute Gasteiger partial charge is 0.153 e. The van der Waals surface area contributed by atoms with E-state index in [2.05, 4.69) is 30.0 Å². The van der Waals surface area contributed by atoms with Gasteiger partial charge in [-0.05, 0) is 19.4 Å². The van der Waals surface area contributed by atoms with Gasteiger partial charge in [-0.15, -0.1) is 0 Å². The van der Waals surface area contributed by atoms with Crippen molar-refractivity contribution in [2.24, 2.45) is 5.92 Å². The number of nitriles is 1. The Balaban J connectivity index is 2.16. The van der Waals surface area contributed by atoms with Crippen molar-refractivity contribution in [2.45, 2.75) is 38.9 Å². The first-order valence-corrected chi connectivity index (χ1v) is 6.35. The predicted molar refractivity (Wildman–Crippen MR) is 69.6 cm³/mol.